The minimum Gasteiger partial charge on any atom is -0.396 e. The van der Waals surface area contributed by atoms with Gasteiger partial charge in [0, 0.05) is 23.8 Å². The van der Waals surface area contributed by atoms with E-state index in [9.17, 15) is 9.59 Å². The van der Waals surface area contributed by atoms with Gasteiger partial charge >= 0.3 is 0 Å². The van der Waals surface area contributed by atoms with Gasteiger partial charge in [-0.05, 0) is 24.5 Å². The van der Waals surface area contributed by atoms with Crippen LogP contribution in [0.3, 0.4) is 0 Å². The first-order chi connectivity index (χ1) is 20.1. The highest BCUT2D eigenvalue weighted by Gasteiger charge is 2.34. The summed E-state index contributed by atoms with van der Waals surface area (Å²) in [7, 11) is 0. The van der Waals surface area contributed by atoms with Gasteiger partial charge in [0.1, 0.15) is 0 Å². The summed E-state index contributed by atoms with van der Waals surface area (Å²) >= 11 is 0. The molecule has 3 N–H and O–H groups in total. The number of imide groups is 1. The van der Waals surface area contributed by atoms with E-state index in [4.69, 9.17) is 5.73 Å². The Kier molecular flexibility index (Phi) is 12.3. The molecule has 0 saturated carbocycles. The standard InChI is InChI=1S/C36H51N3O2/c1-2-3-4-5-6-7-8-9-10-11-12-13-14-15-16-18-23-29-24-25-30-33(36(29)39-31(40)26-27-32(39)41)34(37)35(38-30)28-21-19-17-20-22-28/h17,19-22,24-25,38H,2-16,18,23,26-27,37H2,1H3. The molecule has 0 radical (unpaired) electrons. The number of hydrogen-bond donors (Lipinski definition) is 2. The van der Waals surface area contributed by atoms with Crippen LogP contribution in [0.15, 0.2) is 42.5 Å². The number of anilines is 2. The number of carbonyl (C=O) groups excluding carboxylic acids is 2. The van der Waals surface area contributed by atoms with Crippen LogP contribution in [0.5, 0.6) is 0 Å². The van der Waals surface area contributed by atoms with Gasteiger partial charge in [-0.15, -0.1) is 0 Å². The van der Waals surface area contributed by atoms with Crippen molar-refractivity contribution in [3.05, 3.63) is 48.0 Å². The molecule has 1 saturated heterocycles. The first kappa shape index (κ1) is 30.9. The van der Waals surface area contributed by atoms with Crippen LogP contribution >= 0.6 is 0 Å². The zero-order valence-corrected chi connectivity index (χ0v) is 25.3. The molecule has 41 heavy (non-hydrogen) atoms. The number of nitrogens with one attached hydrogen (secondary N) is 1. The maximum Gasteiger partial charge on any atom is 0.234 e. The van der Waals surface area contributed by atoms with Crippen LogP contribution < -0.4 is 10.6 Å². The Hall–Kier alpha value is -3.08. The number of amides is 2. The van der Waals surface area contributed by atoms with Crippen LogP contribution in [0.2, 0.25) is 0 Å². The summed E-state index contributed by atoms with van der Waals surface area (Å²) in [5.74, 6) is -0.254. The summed E-state index contributed by atoms with van der Waals surface area (Å²) in [5, 5.41) is 0.793. The zero-order chi connectivity index (χ0) is 28.9. The fraction of sp³-hybridized carbons (Fsp3) is 0.556. The Labute approximate surface area is 247 Å². The average molecular weight is 558 g/mol. The smallest absolute Gasteiger partial charge is 0.234 e. The molecule has 1 aromatic heterocycles. The van der Waals surface area contributed by atoms with Crippen LogP contribution in [0.25, 0.3) is 22.2 Å². The largest absolute Gasteiger partial charge is 0.396 e. The third-order valence-electron chi connectivity index (χ3n) is 8.70. The average Bonchev–Trinajstić information content (AvgIpc) is 3.50. The summed E-state index contributed by atoms with van der Waals surface area (Å²) in [5.41, 5.74) is 11.7. The highest BCUT2D eigenvalue weighted by Crippen LogP contribution is 2.42. The highest BCUT2D eigenvalue weighted by molar-refractivity contribution is 6.25. The Bertz CT molecular complexity index is 1230. The van der Waals surface area contributed by atoms with Gasteiger partial charge < -0.3 is 10.7 Å². The molecule has 222 valence electrons. The van der Waals surface area contributed by atoms with Crippen molar-refractivity contribution in [3.8, 4) is 11.3 Å². The molecule has 2 amide bonds. The summed E-state index contributed by atoms with van der Waals surface area (Å²) in [4.78, 5) is 30.5. The second kappa shape index (κ2) is 16.4. The first-order valence-electron chi connectivity index (χ1n) is 16.5. The second-order valence-electron chi connectivity index (χ2n) is 12.0. The number of rotatable bonds is 19. The number of unbranched alkanes of at least 4 members (excludes halogenated alkanes) is 15. The maximum atomic E-state index is 12.8. The highest BCUT2D eigenvalue weighted by atomic mass is 16.2. The van der Waals surface area contributed by atoms with Crippen LogP contribution in [-0.2, 0) is 16.0 Å². The number of benzene rings is 2. The van der Waals surface area contributed by atoms with Crippen molar-refractivity contribution in [2.75, 3.05) is 10.6 Å². The molecule has 0 aliphatic carbocycles. The van der Waals surface area contributed by atoms with Gasteiger partial charge in [-0.1, -0.05) is 140 Å². The lowest BCUT2D eigenvalue weighted by Crippen LogP contribution is -2.30. The van der Waals surface area contributed by atoms with Crippen molar-refractivity contribution >= 4 is 34.1 Å². The number of aromatic nitrogens is 1. The number of hydrogen-bond acceptors (Lipinski definition) is 3. The maximum absolute atomic E-state index is 12.8. The summed E-state index contributed by atoms with van der Waals surface area (Å²) in [6, 6.07) is 14.1. The van der Waals surface area contributed by atoms with E-state index in [1.165, 1.54) is 94.8 Å². The molecule has 2 aromatic carbocycles. The van der Waals surface area contributed by atoms with Crippen molar-refractivity contribution in [2.45, 2.75) is 129 Å². The fourth-order valence-electron chi connectivity index (χ4n) is 6.32. The van der Waals surface area contributed by atoms with Crippen molar-refractivity contribution < 1.29 is 9.59 Å². The molecule has 1 aliphatic heterocycles. The molecule has 4 rings (SSSR count). The monoisotopic (exact) mass is 557 g/mol. The predicted octanol–water partition coefficient (Wildman–Crippen LogP) is 9.87. The normalized spacial score (nSPS) is 13.6. The molecule has 0 unspecified atom stereocenters. The zero-order valence-electron chi connectivity index (χ0n) is 25.3. The number of nitrogens with two attached hydrogens (primary N) is 1. The van der Waals surface area contributed by atoms with Gasteiger partial charge in [0.15, 0.2) is 0 Å². The molecular weight excluding hydrogens is 506 g/mol. The number of nitrogen functional groups attached to an aromatic ring is 1. The molecule has 0 bridgehead atoms. The van der Waals surface area contributed by atoms with Gasteiger partial charge in [0.05, 0.1) is 22.6 Å². The molecule has 1 fully saturated rings. The molecule has 3 aromatic rings. The van der Waals surface area contributed by atoms with Gasteiger partial charge in [-0.2, -0.15) is 0 Å². The molecule has 2 heterocycles. The lowest BCUT2D eigenvalue weighted by molar-refractivity contribution is -0.121. The number of H-pyrrole nitrogens is 1. The third-order valence-corrected chi connectivity index (χ3v) is 8.70. The van der Waals surface area contributed by atoms with E-state index in [0.717, 1.165) is 47.0 Å². The number of aryl methyl sites for hydroxylation is 1. The van der Waals surface area contributed by atoms with E-state index < -0.39 is 0 Å². The Morgan fingerprint density at radius 2 is 1.20 bits per heavy atom. The lowest BCUT2D eigenvalue weighted by atomic mass is 9.99. The van der Waals surface area contributed by atoms with Crippen LogP contribution in [0.4, 0.5) is 11.4 Å². The quantitative estimate of drug-likeness (QED) is 0.114. The van der Waals surface area contributed by atoms with Crippen LogP contribution in [0.1, 0.15) is 128 Å². The number of carbonyl (C=O) groups is 2. The van der Waals surface area contributed by atoms with E-state index >= 15 is 0 Å². The number of nitrogens with zero attached hydrogens (tertiary/aromatic N) is 1. The Morgan fingerprint density at radius 1 is 0.683 bits per heavy atom. The van der Waals surface area contributed by atoms with Crippen molar-refractivity contribution in [1.29, 1.82) is 0 Å². The second-order valence-corrected chi connectivity index (χ2v) is 12.0. The number of aromatic amines is 1. The molecule has 5 heteroatoms. The lowest BCUT2D eigenvalue weighted by Gasteiger charge is -2.20. The van der Waals surface area contributed by atoms with Gasteiger partial charge in [-0.25, -0.2) is 4.90 Å². The SMILES string of the molecule is CCCCCCCCCCCCCCCCCCc1ccc2[nH]c(-c3ccccc3)c(N)c2c1N1C(=O)CCC1=O. The summed E-state index contributed by atoms with van der Waals surface area (Å²) in [6.45, 7) is 2.28. The van der Waals surface area contributed by atoms with Gasteiger partial charge in [0.25, 0.3) is 0 Å². The van der Waals surface area contributed by atoms with Crippen molar-refractivity contribution in [2.24, 2.45) is 0 Å². The van der Waals surface area contributed by atoms with E-state index in [0.29, 0.717) is 11.4 Å². The molecule has 5 nitrogen and oxygen atoms in total. The minimum absolute atomic E-state index is 0.127. The summed E-state index contributed by atoms with van der Waals surface area (Å²) in [6.07, 6.45) is 22.8. The minimum atomic E-state index is -0.127. The molecule has 0 spiro atoms. The van der Waals surface area contributed by atoms with Crippen molar-refractivity contribution in [3.63, 3.8) is 0 Å². The molecular formula is C36H51N3O2. The van der Waals surface area contributed by atoms with Crippen LogP contribution in [-0.4, -0.2) is 16.8 Å². The van der Waals surface area contributed by atoms with Gasteiger partial charge in [0.2, 0.25) is 11.8 Å². The van der Waals surface area contributed by atoms with E-state index in [2.05, 4.69) is 24.0 Å². The predicted molar refractivity (Wildman–Crippen MR) is 173 cm³/mol. The Morgan fingerprint density at radius 3 is 1.73 bits per heavy atom. The van der Waals surface area contributed by atoms with E-state index in [1.54, 1.807) is 0 Å². The number of fused-ring (bicyclic) bond motifs is 1. The van der Waals surface area contributed by atoms with Gasteiger partial charge in [-0.3, -0.25) is 9.59 Å². The first-order valence-corrected chi connectivity index (χ1v) is 16.5. The molecule has 1 aliphatic rings. The topological polar surface area (TPSA) is 79.2 Å². The fourth-order valence-corrected chi connectivity index (χ4v) is 6.32. The molecule has 0 atom stereocenters. The Balaban J connectivity index is 1.25. The summed E-state index contributed by atoms with van der Waals surface area (Å²) < 4.78 is 0. The third kappa shape index (κ3) is 8.47. The van der Waals surface area contributed by atoms with E-state index in [1.807, 2.05) is 30.3 Å². The van der Waals surface area contributed by atoms with Crippen molar-refractivity contribution in [1.82, 2.24) is 4.98 Å². The van der Waals surface area contributed by atoms with E-state index in [-0.39, 0.29) is 24.7 Å². The van der Waals surface area contributed by atoms with Crippen LogP contribution in [0, 0.1) is 0 Å².